The molecule has 1 aliphatic carbocycles. The van der Waals surface area contributed by atoms with Crippen molar-refractivity contribution in [3.63, 3.8) is 0 Å². The highest BCUT2D eigenvalue weighted by molar-refractivity contribution is 5.78. The molecule has 1 unspecified atom stereocenters. The van der Waals surface area contributed by atoms with Gasteiger partial charge in [0.2, 0.25) is 0 Å². The van der Waals surface area contributed by atoms with Gasteiger partial charge < -0.3 is 15.2 Å². The number of carbonyl (C=O) groups excluding carboxylic acids is 1. The molecule has 0 saturated heterocycles. The Morgan fingerprint density at radius 1 is 1.40 bits per heavy atom. The van der Waals surface area contributed by atoms with Crippen molar-refractivity contribution in [1.29, 1.82) is 0 Å². The summed E-state index contributed by atoms with van der Waals surface area (Å²) in [7, 11) is 0. The van der Waals surface area contributed by atoms with Crippen molar-refractivity contribution in [2.24, 2.45) is 5.92 Å². The van der Waals surface area contributed by atoms with Crippen molar-refractivity contribution in [1.82, 2.24) is 5.32 Å². The van der Waals surface area contributed by atoms with Gasteiger partial charge in [-0.15, -0.1) is 0 Å². The van der Waals surface area contributed by atoms with Gasteiger partial charge in [0.1, 0.15) is 11.8 Å². The standard InChI is InChI=1S/C16H23NO3/c1-4-20-16(19)14(17-9-12-5-6-12)13-7-10(2)15(18)11(3)8-13/h7-8,12,14,17-18H,4-6,9H2,1-3H3. The maximum Gasteiger partial charge on any atom is 0.327 e. The molecule has 110 valence electrons. The van der Waals surface area contributed by atoms with E-state index in [1.165, 1.54) is 12.8 Å². The van der Waals surface area contributed by atoms with Crippen molar-refractivity contribution in [3.8, 4) is 5.75 Å². The summed E-state index contributed by atoms with van der Waals surface area (Å²) in [6.07, 6.45) is 2.46. The molecule has 1 saturated carbocycles. The van der Waals surface area contributed by atoms with Gasteiger partial charge in [0.05, 0.1) is 6.61 Å². The Morgan fingerprint density at radius 2 is 2.00 bits per heavy atom. The smallest absolute Gasteiger partial charge is 0.327 e. The molecule has 4 heteroatoms. The molecule has 1 aromatic carbocycles. The lowest BCUT2D eigenvalue weighted by atomic mass is 10.00. The highest BCUT2D eigenvalue weighted by atomic mass is 16.5. The molecule has 0 spiro atoms. The molecular weight excluding hydrogens is 254 g/mol. The minimum Gasteiger partial charge on any atom is -0.507 e. The molecule has 0 aromatic heterocycles. The number of nitrogens with one attached hydrogen (secondary N) is 1. The first-order chi connectivity index (χ1) is 9.52. The molecule has 0 aliphatic heterocycles. The molecule has 1 aliphatic rings. The Balaban J connectivity index is 2.21. The Hall–Kier alpha value is -1.55. The normalized spacial score (nSPS) is 15.9. The Labute approximate surface area is 120 Å². The van der Waals surface area contributed by atoms with Crippen LogP contribution in [-0.2, 0) is 9.53 Å². The maximum absolute atomic E-state index is 12.1. The van der Waals surface area contributed by atoms with E-state index >= 15 is 0 Å². The van der Waals surface area contributed by atoms with E-state index in [1.807, 2.05) is 32.9 Å². The first-order valence-corrected chi connectivity index (χ1v) is 7.23. The fraction of sp³-hybridized carbons (Fsp3) is 0.562. The molecule has 4 nitrogen and oxygen atoms in total. The zero-order valence-electron chi connectivity index (χ0n) is 12.4. The minimum atomic E-state index is -0.450. The van der Waals surface area contributed by atoms with Crippen LogP contribution in [-0.4, -0.2) is 24.2 Å². The second-order valence-corrected chi connectivity index (χ2v) is 5.54. The Morgan fingerprint density at radius 3 is 2.50 bits per heavy atom. The zero-order valence-corrected chi connectivity index (χ0v) is 12.4. The number of hydrogen-bond acceptors (Lipinski definition) is 4. The van der Waals surface area contributed by atoms with Crippen LogP contribution in [0.4, 0.5) is 0 Å². The molecule has 0 amide bonds. The van der Waals surface area contributed by atoms with E-state index in [4.69, 9.17) is 4.74 Å². The van der Waals surface area contributed by atoms with Crippen molar-refractivity contribution in [2.75, 3.05) is 13.2 Å². The third kappa shape index (κ3) is 3.51. The molecule has 0 radical (unpaired) electrons. The molecule has 0 heterocycles. The van der Waals surface area contributed by atoms with E-state index < -0.39 is 6.04 Å². The predicted octanol–water partition coefficient (Wildman–Crippen LogP) is 2.61. The van der Waals surface area contributed by atoms with Crippen LogP contribution >= 0.6 is 0 Å². The number of esters is 1. The lowest BCUT2D eigenvalue weighted by Crippen LogP contribution is -2.31. The van der Waals surface area contributed by atoms with Crippen molar-refractivity contribution in [2.45, 2.75) is 39.7 Å². The van der Waals surface area contributed by atoms with Gasteiger partial charge in [-0.25, -0.2) is 4.79 Å². The first-order valence-electron chi connectivity index (χ1n) is 7.23. The van der Waals surface area contributed by atoms with Gasteiger partial charge in [-0.05, 0) is 62.8 Å². The molecule has 1 fully saturated rings. The lowest BCUT2D eigenvalue weighted by Gasteiger charge is -2.19. The summed E-state index contributed by atoms with van der Waals surface area (Å²) in [5.74, 6) is 0.724. The topological polar surface area (TPSA) is 58.6 Å². The second kappa shape index (κ2) is 6.27. The van der Waals surface area contributed by atoms with Crippen LogP contribution in [0, 0.1) is 19.8 Å². The third-order valence-corrected chi connectivity index (χ3v) is 3.68. The second-order valence-electron chi connectivity index (χ2n) is 5.54. The maximum atomic E-state index is 12.1. The van der Waals surface area contributed by atoms with E-state index in [2.05, 4.69) is 5.32 Å². The van der Waals surface area contributed by atoms with E-state index in [1.54, 1.807) is 0 Å². The van der Waals surface area contributed by atoms with Gasteiger partial charge in [-0.3, -0.25) is 0 Å². The van der Waals surface area contributed by atoms with Gasteiger partial charge in [-0.2, -0.15) is 0 Å². The molecule has 20 heavy (non-hydrogen) atoms. The Bertz CT molecular complexity index is 471. The molecule has 2 N–H and O–H groups in total. The van der Waals surface area contributed by atoms with E-state index in [9.17, 15) is 9.90 Å². The number of carbonyl (C=O) groups is 1. The van der Waals surface area contributed by atoms with Crippen LogP contribution in [0.1, 0.15) is 42.5 Å². The number of phenols is 1. The van der Waals surface area contributed by atoms with Crippen LogP contribution < -0.4 is 5.32 Å². The fourth-order valence-electron chi connectivity index (χ4n) is 2.33. The summed E-state index contributed by atoms with van der Waals surface area (Å²) in [6, 6.07) is 3.25. The molecular formula is C16H23NO3. The average Bonchev–Trinajstić information content (AvgIpc) is 3.20. The summed E-state index contributed by atoms with van der Waals surface area (Å²) in [6.45, 7) is 6.70. The monoisotopic (exact) mass is 277 g/mol. The van der Waals surface area contributed by atoms with Gasteiger partial charge in [0.25, 0.3) is 0 Å². The van der Waals surface area contributed by atoms with Crippen LogP contribution in [0.3, 0.4) is 0 Å². The van der Waals surface area contributed by atoms with Gasteiger partial charge in [0, 0.05) is 0 Å². The minimum absolute atomic E-state index is 0.252. The van der Waals surface area contributed by atoms with Crippen molar-refractivity contribution >= 4 is 5.97 Å². The number of hydrogen-bond donors (Lipinski definition) is 2. The highest BCUT2D eigenvalue weighted by Crippen LogP contribution is 2.30. The van der Waals surface area contributed by atoms with Gasteiger partial charge in [0.15, 0.2) is 0 Å². The van der Waals surface area contributed by atoms with Gasteiger partial charge >= 0.3 is 5.97 Å². The largest absolute Gasteiger partial charge is 0.507 e. The number of phenolic OH excluding ortho intramolecular Hbond substituents is 1. The highest BCUT2D eigenvalue weighted by Gasteiger charge is 2.27. The summed E-state index contributed by atoms with van der Waals surface area (Å²) in [5, 5.41) is 13.1. The van der Waals surface area contributed by atoms with E-state index in [0.717, 1.165) is 23.2 Å². The van der Waals surface area contributed by atoms with Crippen molar-refractivity contribution < 1.29 is 14.6 Å². The number of benzene rings is 1. The van der Waals surface area contributed by atoms with Crippen LogP contribution in [0.5, 0.6) is 5.75 Å². The van der Waals surface area contributed by atoms with E-state index in [-0.39, 0.29) is 5.97 Å². The molecule has 1 aromatic rings. The molecule has 0 bridgehead atoms. The SMILES string of the molecule is CCOC(=O)C(NCC1CC1)c1cc(C)c(O)c(C)c1. The average molecular weight is 277 g/mol. The number of aromatic hydroxyl groups is 1. The van der Waals surface area contributed by atoms with E-state index in [0.29, 0.717) is 18.3 Å². The van der Waals surface area contributed by atoms with Crippen molar-refractivity contribution in [3.05, 3.63) is 28.8 Å². The molecule has 2 rings (SSSR count). The quantitative estimate of drug-likeness (QED) is 0.785. The lowest BCUT2D eigenvalue weighted by molar-refractivity contribution is -0.145. The number of aryl methyl sites for hydroxylation is 2. The fourth-order valence-corrected chi connectivity index (χ4v) is 2.33. The summed E-state index contributed by atoms with van der Waals surface area (Å²) in [4.78, 5) is 12.1. The van der Waals surface area contributed by atoms with Gasteiger partial charge in [-0.1, -0.05) is 12.1 Å². The predicted molar refractivity (Wildman–Crippen MR) is 77.7 cm³/mol. The van der Waals surface area contributed by atoms with Crippen LogP contribution in [0.2, 0.25) is 0 Å². The summed E-state index contributed by atoms with van der Waals surface area (Å²) < 4.78 is 5.16. The number of ether oxygens (including phenoxy) is 1. The van der Waals surface area contributed by atoms with Crippen LogP contribution in [0.15, 0.2) is 12.1 Å². The van der Waals surface area contributed by atoms with Crippen LogP contribution in [0.25, 0.3) is 0 Å². The molecule has 1 atom stereocenters. The summed E-state index contributed by atoms with van der Waals surface area (Å²) in [5.41, 5.74) is 2.42. The third-order valence-electron chi connectivity index (χ3n) is 3.68. The summed E-state index contributed by atoms with van der Waals surface area (Å²) >= 11 is 0. The zero-order chi connectivity index (χ0) is 14.7. The Kier molecular flexibility index (Phi) is 4.65. The number of rotatable bonds is 6. The first kappa shape index (κ1) is 14.9.